The van der Waals surface area contributed by atoms with Crippen LogP contribution in [0, 0.1) is 0 Å². The SMILES string of the molecule is CN1CCN(CCC(=O)C[C@@H](C(=O)N2CCC[C@H]2c2ncc(-c3ccc(-c4ccc(-c5cnc([C@@H]6CCCN6C(=O)[C@H](NC(=O)CCN6CCN(C)CC6)c6ccccc6)s5)cc4)cc3)s2)c2ccccc2)CC1. The van der Waals surface area contributed by atoms with Crippen LogP contribution in [0.3, 0.4) is 0 Å². The number of piperazine rings is 2. The first kappa shape index (κ1) is 51.5. The molecule has 6 aromatic rings. The number of ketones is 1. The summed E-state index contributed by atoms with van der Waals surface area (Å²) in [7, 11) is 4.26. The molecule has 0 bridgehead atoms. The molecule has 1 N–H and O–H groups in total. The Morgan fingerprint density at radius 2 is 0.986 bits per heavy atom. The van der Waals surface area contributed by atoms with Crippen LogP contribution in [0.15, 0.2) is 122 Å². The summed E-state index contributed by atoms with van der Waals surface area (Å²) in [6, 6.07) is 35.6. The minimum atomic E-state index is -0.761. The summed E-state index contributed by atoms with van der Waals surface area (Å²) in [5.41, 5.74) is 6.04. The summed E-state index contributed by atoms with van der Waals surface area (Å²) >= 11 is 3.27. The van der Waals surface area contributed by atoms with Gasteiger partial charge in [0.15, 0.2) is 0 Å². The fourth-order valence-corrected chi connectivity index (χ4v) is 13.1. The Morgan fingerprint density at radius 3 is 1.49 bits per heavy atom. The van der Waals surface area contributed by atoms with Gasteiger partial charge in [-0.3, -0.25) is 19.2 Å². The number of thiazole rings is 2. The number of nitrogens with one attached hydrogen (secondary N) is 1. The summed E-state index contributed by atoms with van der Waals surface area (Å²) in [4.78, 5) is 80.9. The molecular formula is C59H69N9O4S2. The zero-order valence-electron chi connectivity index (χ0n) is 42.8. The van der Waals surface area contributed by atoms with Gasteiger partial charge in [0, 0.05) is 110 Å². The highest BCUT2D eigenvalue weighted by atomic mass is 32.1. The van der Waals surface area contributed by atoms with E-state index in [4.69, 9.17) is 9.97 Å². The molecule has 3 amide bonds. The molecule has 4 aromatic carbocycles. The van der Waals surface area contributed by atoms with Gasteiger partial charge in [-0.15, -0.1) is 22.7 Å². The molecule has 386 valence electrons. The third-order valence-corrected chi connectivity index (χ3v) is 17.8. The van der Waals surface area contributed by atoms with Gasteiger partial charge in [0.05, 0.1) is 27.8 Å². The number of likely N-dealkylation sites (tertiary alicyclic amines) is 2. The molecule has 4 aliphatic rings. The molecule has 4 atom stereocenters. The van der Waals surface area contributed by atoms with Gasteiger partial charge >= 0.3 is 0 Å². The van der Waals surface area contributed by atoms with Crippen LogP contribution in [0.4, 0.5) is 0 Å². The van der Waals surface area contributed by atoms with Crippen molar-refractivity contribution in [1.29, 1.82) is 0 Å². The van der Waals surface area contributed by atoms with Gasteiger partial charge in [-0.2, -0.15) is 0 Å². The van der Waals surface area contributed by atoms with E-state index in [-0.39, 0.29) is 42.0 Å². The lowest BCUT2D eigenvalue weighted by atomic mass is 9.91. The van der Waals surface area contributed by atoms with Crippen molar-refractivity contribution in [3.05, 3.63) is 143 Å². The molecule has 15 heteroatoms. The van der Waals surface area contributed by atoms with Crippen molar-refractivity contribution >= 4 is 46.2 Å². The van der Waals surface area contributed by atoms with Crippen LogP contribution in [0.1, 0.15) is 90.1 Å². The van der Waals surface area contributed by atoms with Crippen molar-refractivity contribution in [2.45, 2.75) is 69.0 Å². The van der Waals surface area contributed by atoms with Crippen LogP contribution in [0.25, 0.3) is 32.0 Å². The Bertz CT molecular complexity index is 2630. The molecule has 0 unspecified atom stereocenters. The second-order valence-electron chi connectivity index (χ2n) is 20.6. The number of likely N-dealkylation sites (N-methyl/N-ethyl adjacent to an activating group) is 2. The molecule has 4 aliphatic heterocycles. The smallest absolute Gasteiger partial charge is 0.250 e. The van der Waals surface area contributed by atoms with E-state index in [9.17, 15) is 19.2 Å². The number of carbonyl (C=O) groups excluding carboxylic acids is 4. The number of aromatic nitrogens is 2. The highest BCUT2D eigenvalue weighted by Gasteiger charge is 2.39. The van der Waals surface area contributed by atoms with Gasteiger partial charge in [0.2, 0.25) is 17.7 Å². The van der Waals surface area contributed by atoms with Crippen LogP contribution < -0.4 is 5.32 Å². The lowest BCUT2D eigenvalue weighted by molar-refractivity contribution is -0.137. The monoisotopic (exact) mass is 1030 g/mol. The fourth-order valence-electron chi connectivity index (χ4n) is 11.0. The number of benzene rings is 4. The second-order valence-corrected chi connectivity index (χ2v) is 22.7. The van der Waals surface area contributed by atoms with Crippen LogP contribution in [-0.4, -0.2) is 156 Å². The van der Waals surface area contributed by atoms with Gasteiger partial charge in [0.1, 0.15) is 21.8 Å². The summed E-state index contributed by atoms with van der Waals surface area (Å²) < 4.78 is 0. The minimum absolute atomic E-state index is 0.0183. The maximum Gasteiger partial charge on any atom is 0.250 e. The highest BCUT2D eigenvalue weighted by Crippen LogP contribution is 2.41. The topological polar surface area (TPSA) is 126 Å². The number of nitrogens with zero attached hydrogens (tertiary/aromatic N) is 8. The molecule has 74 heavy (non-hydrogen) atoms. The average Bonchev–Trinajstić information content (AvgIpc) is 4.30. The van der Waals surface area contributed by atoms with Gasteiger partial charge in [-0.1, -0.05) is 109 Å². The molecule has 0 saturated carbocycles. The van der Waals surface area contributed by atoms with Gasteiger partial charge in [-0.25, -0.2) is 9.97 Å². The number of hydrogen-bond acceptors (Lipinski definition) is 12. The molecular weight excluding hydrogens is 963 g/mol. The summed E-state index contributed by atoms with van der Waals surface area (Å²) in [5.74, 6) is -0.559. The first-order chi connectivity index (χ1) is 36.1. The number of carbonyl (C=O) groups is 4. The predicted molar refractivity (Wildman–Crippen MR) is 295 cm³/mol. The third-order valence-electron chi connectivity index (χ3n) is 15.5. The maximum absolute atomic E-state index is 14.5. The van der Waals surface area contributed by atoms with Crippen LogP contribution in [-0.2, 0) is 19.2 Å². The Morgan fingerprint density at radius 1 is 0.541 bits per heavy atom. The van der Waals surface area contributed by atoms with Crippen molar-refractivity contribution in [3.63, 3.8) is 0 Å². The second kappa shape index (κ2) is 24.2. The van der Waals surface area contributed by atoms with E-state index in [2.05, 4.69) is 87.5 Å². The van der Waals surface area contributed by atoms with Crippen molar-refractivity contribution in [2.75, 3.05) is 92.6 Å². The van der Waals surface area contributed by atoms with Gasteiger partial charge in [0.25, 0.3) is 0 Å². The van der Waals surface area contributed by atoms with E-state index in [0.29, 0.717) is 32.5 Å². The number of rotatable bonds is 18. The van der Waals surface area contributed by atoms with Crippen LogP contribution in [0.2, 0.25) is 0 Å². The van der Waals surface area contributed by atoms with Crippen molar-refractivity contribution in [2.24, 2.45) is 0 Å². The lowest BCUT2D eigenvalue weighted by Gasteiger charge is -2.32. The average molecular weight is 1030 g/mol. The Balaban J connectivity index is 0.761. The molecule has 4 saturated heterocycles. The molecule has 0 spiro atoms. The molecule has 2 aromatic heterocycles. The number of Topliss-reactive ketones (excluding diaryl/α,β-unsaturated/α-hetero) is 1. The molecule has 6 heterocycles. The largest absolute Gasteiger partial charge is 0.340 e. The predicted octanol–water partition coefficient (Wildman–Crippen LogP) is 8.80. The molecule has 4 fully saturated rings. The van der Waals surface area contributed by atoms with Crippen molar-refractivity contribution < 1.29 is 19.2 Å². The first-order valence-corrected chi connectivity index (χ1v) is 28.2. The van der Waals surface area contributed by atoms with Crippen molar-refractivity contribution in [1.82, 2.24) is 44.7 Å². The fraction of sp³-hybridized carbons (Fsp3) is 0.424. The normalized spacial score (nSPS) is 19.9. The number of amides is 3. The van der Waals surface area contributed by atoms with E-state index in [0.717, 1.165) is 138 Å². The van der Waals surface area contributed by atoms with E-state index in [1.165, 1.54) is 0 Å². The molecule has 0 radical (unpaired) electrons. The van der Waals surface area contributed by atoms with Gasteiger partial charge < -0.3 is 34.7 Å². The van der Waals surface area contributed by atoms with Crippen molar-refractivity contribution in [3.8, 4) is 32.0 Å². The zero-order chi connectivity index (χ0) is 51.0. The van der Waals surface area contributed by atoms with Gasteiger partial charge in [-0.05, 0) is 73.2 Å². The van der Waals surface area contributed by atoms with Crippen LogP contribution in [0.5, 0.6) is 0 Å². The van der Waals surface area contributed by atoms with Crippen LogP contribution >= 0.6 is 22.7 Å². The first-order valence-electron chi connectivity index (χ1n) is 26.6. The standard InChI is InChI=1S/C59H69N9O4S2/c1-63-31-35-65(36-32-63)29-25-48(69)39-49(44-11-5-3-6-12-44)58(71)67-27-9-15-50(67)56-60-40-52(73-56)45-21-17-42(18-22-45)43-19-23-46(24-20-43)53-41-61-57(74-53)51-16-10-28-68(51)59(72)55(47-13-7-4-8-14-47)62-54(70)26-30-66-37-33-64(2)34-38-66/h3-8,11-14,17-24,40-41,49-51,55H,9-10,15-16,25-39H2,1-2H3,(H,62,70)/t49-,50+,51+,55-/m1/s1. The molecule has 0 aliphatic carbocycles. The maximum atomic E-state index is 14.5. The Kier molecular flexibility index (Phi) is 16.8. The van der Waals surface area contributed by atoms with E-state index in [1.54, 1.807) is 22.7 Å². The summed E-state index contributed by atoms with van der Waals surface area (Å²) in [6.45, 7) is 10.5. The summed E-state index contributed by atoms with van der Waals surface area (Å²) in [5, 5.41) is 4.97. The van der Waals surface area contributed by atoms with E-state index >= 15 is 0 Å². The Labute approximate surface area is 444 Å². The summed E-state index contributed by atoms with van der Waals surface area (Å²) in [6.07, 6.45) is 8.33. The molecule has 13 nitrogen and oxygen atoms in total. The quantitative estimate of drug-likeness (QED) is 0.0894. The third kappa shape index (κ3) is 12.4. The highest BCUT2D eigenvalue weighted by molar-refractivity contribution is 7.15. The molecule has 10 rings (SSSR count). The van der Waals surface area contributed by atoms with E-state index in [1.807, 2.05) is 82.9 Å². The zero-order valence-corrected chi connectivity index (χ0v) is 44.5. The van der Waals surface area contributed by atoms with E-state index < -0.39 is 12.0 Å². The Hall–Kier alpha value is -5.94. The minimum Gasteiger partial charge on any atom is -0.340 e. The lowest BCUT2D eigenvalue weighted by Crippen LogP contribution is -2.46. The number of hydrogen-bond donors (Lipinski definition) is 1.